The molecule has 0 aliphatic rings. The molecule has 5 aromatic carbocycles. The van der Waals surface area contributed by atoms with Crippen LogP contribution >= 0.6 is 0 Å². The van der Waals surface area contributed by atoms with Gasteiger partial charge in [-0.2, -0.15) is 0 Å². The van der Waals surface area contributed by atoms with Crippen LogP contribution in [0.25, 0.3) is 6.08 Å². The number of amides is 2. The maximum Gasteiger partial charge on any atom is 0.255 e. The number of hydrogen-bond donors (Lipinski definition) is 5. The third-order valence-corrected chi connectivity index (χ3v) is 10.9. The molecule has 2 aromatic heterocycles. The summed E-state index contributed by atoms with van der Waals surface area (Å²) >= 11 is 0. The first-order valence-electron chi connectivity index (χ1n) is 19.7. The van der Waals surface area contributed by atoms with Gasteiger partial charge in [-0.3, -0.25) is 9.59 Å². The number of nitrogens with two attached hydrogens (primary N) is 1. The summed E-state index contributed by atoms with van der Waals surface area (Å²) in [6.07, 6.45) is 11.0. The molecule has 0 atom stereocenters. The van der Waals surface area contributed by atoms with Crippen molar-refractivity contribution in [3.05, 3.63) is 193 Å². The molecule has 15 nitrogen and oxygen atoms in total. The number of nitrogen functional groups attached to an aromatic ring is 1. The van der Waals surface area contributed by atoms with Gasteiger partial charge < -0.3 is 36.1 Å². The molecule has 0 saturated heterocycles. The molecule has 0 spiro atoms. The Morgan fingerprint density at radius 3 is 1.40 bits per heavy atom. The van der Waals surface area contributed by atoms with Crippen molar-refractivity contribution >= 4 is 77.9 Å². The molecule has 65 heavy (non-hydrogen) atoms. The topological polar surface area (TPSA) is 230 Å². The van der Waals surface area contributed by atoms with Crippen molar-refractivity contribution in [3.63, 3.8) is 0 Å². The van der Waals surface area contributed by atoms with Crippen molar-refractivity contribution in [1.29, 1.82) is 0 Å². The van der Waals surface area contributed by atoms with Gasteiger partial charge in [0.1, 0.15) is 34.3 Å². The number of carbonyl (C=O) groups excluding carboxylic acids is 2. The summed E-state index contributed by atoms with van der Waals surface area (Å²) in [5, 5.41) is 12.3. The van der Waals surface area contributed by atoms with Crippen molar-refractivity contribution in [2.24, 2.45) is 14.1 Å². The van der Waals surface area contributed by atoms with Crippen LogP contribution < -0.4 is 36.1 Å². The van der Waals surface area contributed by atoms with Crippen LogP contribution in [0.3, 0.4) is 0 Å². The minimum Gasteiger partial charge on any atom is -0.744 e. The van der Waals surface area contributed by atoms with Crippen molar-refractivity contribution in [1.82, 2.24) is 0 Å². The lowest BCUT2D eigenvalue weighted by molar-refractivity contribution is -0.671. The second-order valence-corrected chi connectivity index (χ2v) is 17.3. The molecule has 7 aromatic rings. The van der Waals surface area contributed by atoms with E-state index in [1.54, 1.807) is 66.7 Å². The minimum absolute atomic E-state index is 0.178. The fourth-order valence-corrected chi connectivity index (χ4v) is 6.54. The number of rotatable bonds is 11. The van der Waals surface area contributed by atoms with Gasteiger partial charge in [-0.05, 0) is 104 Å². The van der Waals surface area contributed by atoms with Gasteiger partial charge in [0.25, 0.3) is 5.91 Å². The number of anilines is 7. The largest absolute Gasteiger partial charge is 0.744 e. The van der Waals surface area contributed by atoms with Crippen molar-refractivity contribution in [2.75, 3.05) is 27.0 Å². The van der Waals surface area contributed by atoms with Crippen LogP contribution in [-0.2, 0) is 39.1 Å². The fourth-order valence-electron chi connectivity index (χ4n) is 5.60. The summed E-state index contributed by atoms with van der Waals surface area (Å²) in [6, 6.07) is 39.3. The lowest BCUT2D eigenvalue weighted by Crippen LogP contribution is -2.25. The van der Waals surface area contributed by atoms with E-state index < -0.39 is 20.2 Å². The van der Waals surface area contributed by atoms with Crippen LogP contribution in [0.1, 0.15) is 27.0 Å². The zero-order valence-electron chi connectivity index (χ0n) is 35.8. The summed E-state index contributed by atoms with van der Waals surface area (Å²) in [5.41, 5.74) is 14.6. The Morgan fingerprint density at radius 2 is 0.954 bits per heavy atom. The average molecular weight is 914 g/mol. The van der Waals surface area contributed by atoms with E-state index in [2.05, 4.69) is 21.3 Å². The van der Waals surface area contributed by atoms with Gasteiger partial charge in [-0.25, -0.2) is 26.0 Å². The molecule has 2 amide bonds. The van der Waals surface area contributed by atoms with Gasteiger partial charge in [0, 0.05) is 53.0 Å². The average Bonchev–Trinajstić information content (AvgIpc) is 3.26. The zero-order chi connectivity index (χ0) is 47.1. The Kier molecular flexibility index (Phi) is 16.4. The Morgan fingerprint density at radius 1 is 0.538 bits per heavy atom. The maximum atomic E-state index is 12.8. The fraction of sp³-hybridized carbons (Fsp3) is 0.0833. The van der Waals surface area contributed by atoms with E-state index in [1.165, 1.54) is 30.3 Å². The van der Waals surface area contributed by atoms with E-state index in [0.717, 1.165) is 39.4 Å². The lowest BCUT2D eigenvalue weighted by Gasteiger charge is -2.11. The second kappa shape index (κ2) is 22.1. The Labute approximate surface area is 378 Å². The SMILES string of the molecule is C[n+]1ccc(Nc2ccc(NC(=O)/C=C\c3ccc(C(=O)Nc4ccc(Nc5cc[n+](C)cc5)cc4N)cc3)cc2)cc1.Cc1ccc(S(=O)(=O)[O-])cc1.Cc1ccc(S(=O)(=O)[O-])cc1. The summed E-state index contributed by atoms with van der Waals surface area (Å²) in [6.45, 7) is 3.64. The minimum atomic E-state index is -4.27. The van der Waals surface area contributed by atoms with Crippen LogP contribution in [0.5, 0.6) is 0 Å². The standard InChI is InChI=1S/C34H31N7O2.2C7H8O3S/c1-40-19-15-28(16-20-40)36-26-8-10-27(11-9-26)38-33(42)14-5-24-3-6-25(7-4-24)34(43)39-32-13-12-30(23-31(32)35)37-29-17-21-41(2)22-18-29;2*1-6-2-4-7(5-3-6)11(8,9)10/h3-23H,1-2H3,(H4,35,38,39,42,43);2*2-5H,1H3,(H,8,9,10). The number of nitrogens with zero attached hydrogens (tertiary/aromatic N) is 2. The van der Waals surface area contributed by atoms with Gasteiger partial charge in [0.15, 0.2) is 24.8 Å². The summed E-state index contributed by atoms with van der Waals surface area (Å²) < 4.78 is 66.2. The number of pyridine rings is 2. The number of hydrogen-bond acceptors (Lipinski definition) is 11. The van der Waals surface area contributed by atoms with E-state index in [9.17, 15) is 35.5 Å². The van der Waals surface area contributed by atoms with Gasteiger partial charge >= 0.3 is 0 Å². The van der Waals surface area contributed by atoms with Crippen LogP contribution in [0, 0.1) is 13.8 Å². The third kappa shape index (κ3) is 15.9. The highest BCUT2D eigenvalue weighted by atomic mass is 32.2. The van der Waals surface area contributed by atoms with E-state index >= 15 is 0 Å². The van der Waals surface area contributed by atoms with Crippen molar-refractivity contribution in [3.8, 4) is 0 Å². The summed E-state index contributed by atoms with van der Waals surface area (Å²) in [5.74, 6) is -0.539. The van der Waals surface area contributed by atoms with Gasteiger partial charge in [-0.15, -0.1) is 0 Å². The summed E-state index contributed by atoms with van der Waals surface area (Å²) in [7, 11) is -4.62. The number of aryl methyl sites for hydroxylation is 4. The maximum absolute atomic E-state index is 12.8. The van der Waals surface area contributed by atoms with Gasteiger partial charge in [-0.1, -0.05) is 47.5 Å². The molecular weight excluding hydrogens is 867 g/mol. The first-order valence-corrected chi connectivity index (χ1v) is 22.5. The van der Waals surface area contributed by atoms with Crippen LogP contribution in [0.2, 0.25) is 0 Å². The van der Waals surface area contributed by atoms with Crippen LogP contribution in [0.15, 0.2) is 180 Å². The molecule has 0 radical (unpaired) electrons. The highest BCUT2D eigenvalue weighted by Gasteiger charge is 2.10. The highest BCUT2D eigenvalue weighted by Crippen LogP contribution is 2.26. The Balaban J connectivity index is 0.000000293. The van der Waals surface area contributed by atoms with Gasteiger partial charge in [0.05, 0.1) is 32.5 Å². The molecule has 0 aliphatic carbocycles. The molecule has 0 bridgehead atoms. The number of aromatic nitrogens is 2. The van der Waals surface area contributed by atoms with E-state index in [-0.39, 0.29) is 21.6 Å². The number of nitrogens with one attached hydrogen (secondary N) is 4. The van der Waals surface area contributed by atoms with E-state index in [1.807, 2.05) is 116 Å². The molecule has 334 valence electrons. The highest BCUT2D eigenvalue weighted by molar-refractivity contribution is 7.86. The number of carbonyl (C=O) groups is 2. The van der Waals surface area contributed by atoms with Crippen LogP contribution in [0.4, 0.5) is 39.8 Å². The van der Waals surface area contributed by atoms with Gasteiger partial charge in [0.2, 0.25) is 5.91 Å². The Hall–Kier alpha value is -7.70. The quantitative estimate of drug-likeness (QED) is 0.0380. The second-order valence-electron chi connectivity index (χ2n) is 14.6. The van der Waals surface area contributed by atoms with E-state index in [0.29, 0.717) is 22.6 Å². The smallest absolute Gasteiger partial charge is 0.255 e. The lowest BCUT2D eigenvalue weighted by atomic mass is 10.1. The zero-order valence-corrected chi connectivity index (χ0v) is 37.4. The van der Waals surface area contributed by atoms with E-state index in [4.69, 9.17) is 5.73 Å². The first kappa shape index (κ1) is 48.3. The molecule has 0 unspecified atom stereocenters. The predicted molar refractivity (Wildman–Crippen MR) is 249 cm³/mol. The van der Waals surface area contributed by atoms with Crippen molar-refractivity contribution in [2.45, 2.75) is 23.6 Å². The monoisotopic (exact) mass is 913 g/mol. The molecule has 2 heterocycles. The molecule has 6 N–H and O–H groups in total. The normalized spacial score (nSPS) is 11.0. The summed E-state index contributed by atoms with van der Waals surface area (Å²) in [4.78, 5) is 24.9. The molecule has 0 fully saturated rings. The van der Waals surface area contributed by atoms with Crippen LogP contribution in [-0.4, -0.2) is 37.8 Å². The molecule has 0 aliphatic heterocycles. The molecule has 7 rings (SSSR count). The predicted octanol–water partition coefficient (Wildman–Crippen LogP) is 7.11. The molecule has 17 heteroatoms. The molecular formula is C48H47N7O8S2. The van der Waals surface area contributed by atoms with Crippen molar-refractivity contribution < 1.29 is 44.7 Å². The number of benzene rings is 5. The Bertz CT molecular complexity index is 2890. The molecule has 0 saturated carbocycles. The third-order valence-electron chi connectivity index (χ3n) is 9.21. The first-order chi connectivity index (χ1) is 30.8.